The van der Waals surface area contributed by atoms with Crippen LogP contribution in [0.5, 0.6) is 0 Å². The van der Waals surface area contributed by atoms with Crippen molar-refractivity contribution in [2.45, 2.75) is 26.4 Å². The number of hydrogen-bond acceptors (Lipinski definition) is 2. The number of methoxy groups -OCH3 is 1. The average molecular weight is 115 g/mol. The van der Waals surface area contributed by atoms with Gasteiger partial charge in [0.2, 0.25) is 0 Å². The highest BCUT2D eigenvalue weighted by molar-refractivity contribution is 5.86. The van der Waals surface area contributed by atoms with Crippen LogP contribution in [0.1, 0.15) is 20.8 Å². The molecule has 0 heterocycles. The zero-order valence-electron chi connectivity index (χ0n) is 5.91. The molecule has 0 atom stereocenters. The van der Waals surface area contributed by atoms with Gasteiger partial charge in [0.05, 0.1) is 5.60 Å². The summed E-state index contributed by atoms with van der Waals surface area (Å²) in [6.07, 6.45) is 0. The van der Waals surface area contributed by atoms with Crippen LogP contribution in [-0.4, -0.2) is 18.4 Å². The molecule has 0 aliphatic rings. The van der Waals surface area contributed by atoms with Crippen LogP contribution < -0.4 is 0 Å². The topological polar surface area (TPSA) is 33.1 Å². The van der Waals surface area contributed by atoms with Crippen molar-refractivity contribution in [3.8, 4) is 0 Å². The SMILES string of the molecule is COC(C)(C)C(C)=N. The number of rotatable bonds is 2. The molecule has 0 amide bonds. The minimum atomic E-state index is -0.375. The zero-order chi connectivity index (χ0) is 6.78. The molecule has 2 heteroatoms. The van der Waals surface area contributed by atoms with Gasteiger partial charge in [-0.2, -0.15) is 0 Å². The molecule has 0 saturated heterocycles. The number of hydrogen-bond donors (Lipinski definition) is 1. The Morgan fingerprint density at radius 2 is 1.88 bits per heavy atom. The van der Waals surface area contributed by atoms with Gasteiger partial charge in [-0.1, -0.05) is 0 Å². The Balaban J connectivity index is 3.91. The van der Waals surface area contributed by atoms with E-state index in [0.717, 1.165) is 0 Å². The van der Waals surface area contributed by atoms with E-state index < -0.39 is 0 Å². The van der Waals surface area contributed by atoms with Crippen molar-refractivity contribution >= 4 is 5.71 Å². The second kappa shape index (κ2) is 2.27. The third-order valence-corrected chi connectivity index (χ3v) is 1.41. The van der Waals surface area contributed by atoms with Crippen molar-refractivity contribution in [1.82, 2.24) is 0 Å². The molecule has 0 rings (SSSR count). The highest BCUT2D eigenvalue weighted by Gasteiger charge is 2.17. The summed E-state index contributed by atoms with van der Waals surface area (Å²) in [5.41, 5.74) is 0.181. The summed E-state index contributed by atoms with van der Waals surface area (Å²) >= 11 is 0. The highest BCUT2D eigenvalue weighted by atomic mass is 16.5. The van der Waals surface area contributed by atoms with Crippen molar-refractivity contribution < 1.29 is 4.74 Å². The van der Waals surface area contributed by atoms with Crippen LogP contribution in [-0.2, 0) is 4.74 Å². The molecule has 0 radical (unpaired) electrons. The molecule has 48 valence electrons. The van der Waals surface area contributed by atoms with E-state index in [1.54, 1.807) is 14.0 Å². The van der Waals surface area contributed by atoms with Crippen molar-refractivity contribution in [3.05, 3.63) is 0 Å². The van der Waals surface area contributed by atoms with E-state index >= 15 is 0 Å². The molecular weight excluding hydrogens is 102 g/mol. The van der Waals surface area contributed by atoms with E-state index in [9.17, 15) is 0 Å². The van der Waals surface area contributed by atoms with Crippen molar-refractivity contribution in [1.29, 1.82) is 5.41 Å². The lowest BCUT2D eigenvalue weighted by atomic mass is 10.1. The van der Waals surface area contributed by atoms with Crippen LogP contribution in [0.3, 0.4) is 0 Å². The summed E-state index contributed by atoms with van der Waals surface area (Å²) in [5.74, 6) is 0. The second-order valence-corrected chi connectivity index (χ2v) is 2.34. The molecule has 0 fully saturated rings. The molecule has 8 heavy (non-hydrogen) atoms. The quantitative estimate of drug-likeness (QED) is 0.543. The van der Waals surface area contributed by atoms with Gasteiger partial charge in [0, 0.05) is 12.8 Å². The van der Waals surface area contributed by atoms with Crippen LogP contribution in [0.15, 0.2) is 0 Å². The van der Waals surface area contributed by atoms with Gasteiger partial charge in [-0.15, -0.1) is 0 Å². The lowest BCUT2D eigenvalue weighted by Crippen LogP contribution is -2.30. The lowest BCUT2D eigenvalue weighted by Gasteiger charge is -2.20. The van der Waals surface area contributed by atoms with E-state index in [4.69, 9.17) is 10.1 Å². The molecular formula is C6H13NO. The third-order valence-electron chi connectivity index (χ3n) is 1.41. The maximum Gasteiger partial charge on any atom is 0.0991 e. The van der Waals surface area contributed by atoms with Gasteiger partial charge < -0.3 is 10.1 Å². The zero-order valence-corrected chi connectivity index (χ0v) is 5.91. The van der Waals surface area contributed by atoms with Gasteiger partial charge in [0.25, 0.3) is 0 Å². The Bertz CT molecular complexity index is 96.7. The molecule has 0 spiro atoms. The monoisotopic (exact) mass is 115 g/mol. The predicted octanol–water partition coefficient (Wildman–Crippen LogP) is 1.45. The van der Waals surface area contributed by atoms with Crippen LogP contribution in [0.25, 0.3) is 0 Å². The molecule has 0 aliphatic carbocycles. The minimum absolute atomic E-state index is 0.375. The second-order valence-electron chi connectivity index (χ2n) is 2.34. The summed E-state index contributed by atoms with van der Waals surface area (Å²) in [6.45, 7) is 5.48. The fraction of sp³-hybridized carbons (Fsp3) is 0.833. The predicted molar refractivity (Wildman–Crippen MR) is 34.5 cm³/mol. The van der Waals surface area contributed by atoms with Gasteiger partial charge in [-0.3, -0.25) is 0 Å². The fourth-order valence-electron chi connectivity index (χ4n) is 0.153. The summed E-state index contributed by atoms with van der Waals surface area (Å²) in [7, 11) is 1.61. The van der Waals surface area contributed by atoms with Crippen LogP contribution in [0.2, 0.25) is 0 Å². The first-order chi connectivity index (χ1) is 3.50. The molecule has 0 aliphatic heterocycles. The Morgan fingerprint density at radius 1 is 1.50 bits per heavy atom. The fourth-order valence-corrected chi connectivity index (χ4v) is 0.153. The van der Waals surface area contributed by atoms with Gasteiger partial charge >= 0.3 is 0 Å². The Morgan fingerprint density at radius 3 is 1.88 bits per heavy atom. The minimum Gasteiger partial charge on any atom is -0.373 e. The van der Waals surface area contributed by atoms with E-state index in [1.165, 1.54) is 0 Å². The maximum atomic E-state index is 7.17. The van der Waals surface area contributed by atoms with E-state index in [1.807, 2.05) is 13.8 Å². The smallest absolute Gasteiger partial charge is 0.0991 e. The van der Waals surface area contributed by atoms with E-state index in [0.29, 0.717) is 5.71 Å². The van der Waals surface area contributed by atoms with Crippen LogP contribution >= 0.6 is 0 Å². The van der Waals surface area contributed by atoms with Gasteiger partial charge in [0.1, 0.15) is 0 Å². The number of nitrogens with one attached hydrogen (secondary N) is 1. The molecule has 0 aromatic heterocycles. The number of ether oxygens (including phenoxy) is 1. The van der Waals surface area contributed by atoms with Gasteiger partial charge in [-0.25, -0.2) is 0 Å². The Hall–Kier alpha value is -0.370. The standard InChI is InChI=1S/C6H13NO/c1-5(7)6(2,3)8-4/h7H,1-4H3. The first-order valence-corrected chi connectivity index (χ1v) is 2.61. The Kier molecular flexibility index (Phi) is 2.16. The van der Waals surface area contributed by atoms with E-state index in [2.05, 4.69) is 0 Å². The average Bonchev–Trinajstić information content (AvgIpc) is 1.67. The maximum absolute atomic E-state index is 7.17. The molecule has 1 N–H and O–H groups in total. The highest BCUT2D eigenvalue weighted by Crippen LogP contribution is 2.07. The molecule has 0 bridgehead atoms. The van der Waals surface area contributed by atoms with Crippen molar-refractivity contribution in [2.75, 3.05) is 7.11 Å². The van der Waals surface area contributed by atoms with Crippen LogP contribution in [0, 0.1) is 5.41 Å². The van der Waals surface area contributed by atoms with Gasteiger partial charge in [-0.05, 0) is 20.8 Å². The first-order valence-electron chi connectivity index (χ1n) is 2.61. The molecule has 0 saturated carbocycles. The first kappa shape index (κ1) is 7.63. The summed E-state index contributed by atoms with van der Waals surface area (Å²) in [6, 6.07) is 0. The lowest BCUT2D eigenvalue weighted by molar-refractivity contribution is 0.0816. The van der Waals surface area contributed by atoms with Crippen molar-refractivity contribution in [3.63, 3.8) is 0 Å². The third kappa shape index (κ3) is 1.62. The summed E-state index contributed by atoms with van der Waals surface area (Å²) in [4.78, 5) is 0. The Labute approximate surface area is 50.4 Å². The molecule has 0 aromatic carbocycles. The molecule has 2 nitrogen and oxygen atoms in total. The normalized spacial score (nSPS) is 11.5. The van der Waals surface area contributed by atoms with Gasteiger partial charge in [0.15, 0.2) is 0 Å². The molecule has 0 unspecified atom stereocenters. The molecule has 0 aromatic rings. The van der Waals surface area contributed by atoms with Crippen LogP contribution in [0.4, 0.5) is 0 Å². The summed E-state index contributed by atoms with van der Waals surface area (Å²) in [5, 5.41) is 7.17. The van der Waals surface area contributed by atoms with Crippen molar-refractivity contribution in [2.24, 2.45) is 0 Å². The summed E-state index contributed by atoms with van der Waals surface area (Å²) < 4.78 is 4.97. The largest absolute Gasteiger partial charge is 0.373 e. The van der Waals surface area contributed by atoms with E-state index in [-0.39, 0.29) is 5.60 Å².